The van der Waals surface area contributed by atoms with Crippen molar-refractivity contribution in [3.8, 4) is 11.4 Å². The molecule has 30 heavy (non-hydrogen) atoms. The molecule has 0 aliphatic carbocycles. The van der Waals surface area contributed by atoms with Gasteiger partial charge in [0.25, 0.3) is 0 Å². The molecule has 0 spiro atoms. The van der Waals surface area contributed by atoms with Crippen LogP contribution in [0.5, 0.6) is 0 Å². The summed E-state index contributed by atoms with van der Waals surface area (Å²) in [7, 11) is 0. The Hall–Kier alpha value is -3.20. The van der Waals surface area contributed by atoms with Gasteiger partial charge >= 0.3 is 6.09 Å². The van der Waals surface area contributed by atoms with Crippen LogP contribution in [0.2, 0.25) is 5.02 Å². The SMILES string of the molecule is CC(Nc1nccc(N2C(=O)OC[C@@H]2C(C)C)n1)c1nc(-c2ccc(Cl)cc2)no1. The van der Waals surface area contributed by atoms with E-state index in [1.165, 1.54) is 0 Å². The van der Waals surface area contributed by atoms with Crippen LogP contribution < -0.4 is 10.2 Å². The lowest BCUT2D eigenvalue weighted by Crippen LogP contribution is -2.37. The van der Waals surface area contributed by atoms with Crippen LogP contribution >= 0.6 is 11.6 Å². The maximum absolute atomic E-state index is 12.2. The molecule has 9 nitrogen and oxygen atoms in total. The summed E-state index contributed by atoms with van der Waals surface area (Å²) in [6, 6.07) is 8.44. The number of aromatic nitrogens is 4. The maximum Gasteiger partial charge on any atom is 0.415 e. The van der Waals surface area contributed by atoms with E-state index in [0.29, 0.717) is 35.1 Å². The van der Waals surface area contributed by atoms with Crippen LogP contribution in [0.3, 0.4) is 0 Å². The van der Waals surface area contributed by atoms with Gasteiger partial charge in [-0.2, -0.15) is 9.97 Å². The van der Waals surface area contributed by atoms with E-state index in [4.69, 9.17) is 20.9 Å². The Morgan fingerprint density at radius 1 is 1.17 bits per heavy atom. The van der Waals surface area contributed by atoms with Crippen molar-refractivity contribution in [2.75, 3.05) is 16.8 Å². The number of benzene rings is 1. The number of carbonyl (C=O) groups is 1. The standard InChI is InChI=1S/C20H21ClN6O3/c1-11(2)15-10-29-20(28)27(15)16-8-9-22-19(24-16)23-12(3)18-25-17(26-30-18)13-4-6-14(21)7-5-13/h4-9,11-12,15H,10H2,1-3H3,(H,22,23,24)/t12?,15-/m1/s1. The number of nitrogens with one attached hydrogen (secondary N) is 1. The van der Waals surface area contributed by atoms with Gasteiger partial charge in [0.2, 0.25) is 17.7 Å². The van der Waals surface area contributed by atoms with Crippen molar-refractivity contribution >= 4 is 29.5 Å². The van der Waals surface area contributed by atoms with Crippen molar-refractivity contribution in [1.82, 2.24) is 20.1 Å². The fraction of sp³-hybridized carbons (Fsp3) is 0.350. The molecule has 1 aromatic carbocycles. The molecule has 1 N–H and O–H groups in total. The summed E-state index contributed by atoms with van der Waals surface area (Å²) in [6.07, 6.45) is 1.18. The molecule has 1 unspecified atom stereocenters. The Balaban J connectivity index is 1.50. The van der Waals surface area contributed by atoms with Gasteiger partial charge in [-0.1, -0.05) is 30.6 Å². The Labute approximate surface area is 178 Å². The molecule has 3 heterocycles. The Morgan fingerprint density at radius 2 is 1.93 bits per heavy atom. The second-order valence-electron chi connectivity index (χ2n) is 7.33. The minimum Gasteiger partial charge on any atom is -0.447 e. The third-order valence-electron chi connectivity index (χ3n) is 4.82. The molecular formula is C20H21ClN6O3. The first-order valence-corrected chi connectivity index (χ1v) is 9.95. The minimum absolute atomic E-state index is 0.0736. The normalized spacial score (nSPS) is 17.3. The molecule has 10 heteroatoms. The van der Waals surface area contributed by atoms with Gasteiger partial charge in [-0.15, -0.1) is 0 Å². The number of anilines is 2. The number of ether oxygens (including phenoxy) is 1. The minimum atomic E-state index is -0.407. The Bertz CT molecular complexity index is 1040. The van der Waals surface area contributed by atoms with Crippen LogP contribution in [0.1, 0.15) is 32.7 Å². The number of hydrogen-bond donors (Lipinski definition) is 1. The van der Waals surface area contributed by atoms with Gasteiger partial charge in [0.1, 0.15) is 18.5 Å². The summed E-state index contributed by atoms with van der Waals surface area (Å²) < 4.78 is 10.6. The number of carbonyl (C=O) groups excluding carboxylic acids is 1. The first-order valence-electron chi connectivity index (χ1n) is 9.57. The summed E-state index contributed by atoms with van der Waals surface area (Å²) in [5.41, 5.74) is 0.798. The van der Waals surface area contributed by atoms with Gasteiger partial charge in [-0.25, -0.2) is 9.78 Å². The Morgan fingerprint density at radius 3 is 2.67 bits per heavy atom. The van der Waals surface area contributed by atoms with Crippen molar-refractivity contribution in [3.63, 3.8) is 0 Å². The third kappa shape index (κ3) is 4.06. The number of rotatable bonds is 6. The lowest BCUT2D eigenvalue weighted by molar-refractivity contribution is 0.177. The largest absolute Gasteiger partial charge is 0.447 e. The van der Waals surface area contributed by atoms with E-state index in [-0.39, 0.29) is 18.0 Å². The van der Waals surface area contributed by atoms with Crippen molar-refractivity contribution < 1.29 is 14.1 Å². The highest BCUT2D eigenvalue weighted by molar-refractivity contribution is 6.30. The van der Waals surface area contributed by atoms with E-state index >= 15 is 0 Å². The van der Waals surface area contributed by atoms with Gasteiger partial charge < -0.3 is 14.6 Å². The van der Waals surface area contributed by atoms with Gasteiger partial charge in [0, 0.05) is 16.8 Å². The summed E-state index contributed by atoms with van der Waals surface area (Å²) in [5, 5.41) is 7.79. The summed E-state index contributed by atoms with van der Waals surface area (Å²) in [5.74, 6) is 1.90. The number of cyclic esters (lactones) is 1. The monoisotopic (exact) mass is 428 g/mol. The topological polar surface area (TPSA) is 106 Å². The van der Waals surface area contributed by atoms with Crippen LogP contribution in [-0.4, -0.2) is 38.9 Å². The second kappa shape index (κ2) is 8.27. The molecule has 4 rings (SSSR count). The molecule has 1 fully saturated rings. The summed E-state index contributed by atoms with van der Waals surface area (Å²) in [6.45, 7) is 6.27. The number of halogens is 1. The fourth-order valence-electron chi connectivity index (χ4n) is 3.13. The van der Waals surface area contributed by atoms with Crippen molar-refractivity contribution in [2.45, 2.75) is 32.9 Å². The second-order valence-corrected chi connectivity index (χ2v) is 7.76. The highest BCUT2D eigenvalue weighted by atomic mass is 35.5. The van der Waals surface area contributed by atoms with Crippen LogP contribution in [0.25, 0.3) is 11.4 Å². The smallest absolute Gasteiger partial charge is 0.415 e. The van der Waals surface area contributed by atoms with Crippen molar-refractivity contribution in [3.05, 3.63) is 47.4 Å². The molecule has 0 bridgehead atoms. The van der Waals surface area contributed by atoms with E-state index < -0.39 is 6.09 Å². The predicted octanol–water partition coefficient (Wildman–Crippen LogP) is 4.33. The van der Waals surface area contributed by atoms with E-state index in [1.807, 2.05) is 32.9 Å². The van der Waals surface area contributed by atoms with E-state index in [0.717, 1.165) is 5.56 Å². The summed E-state index contributed by atoms with van der Waals surface area (Å²) >= 11 is 5.92. The average Bonchev–Trinajstić information content (AvgIpc) is 3.36. The van der Waals surface area contributed by atoms with Gasteiger partial charge in [0.15, 0.2) is 0 Å². The highest BCUT2D eigenvalue weighted by Crippen LogP contribution is 2.27. The zero-order valence-corrected chi connectivity index (χ0v) is 17.5. The molecule has 2 aromatic heterocycles. The molecule has 3 aromatic rings. The third-order valence-corrected chi connectivity index (χ3v) is 5.08. The first kappa shape index (κ1) is 20.1. The average molecular weight is 429 g/mol. The predicted molar refractivity (Wildman–Crippen MR) is 111 cm³/mol. The van der Waals surface area contributed by atoms with Gasteiger partial charge in [-0.05, 0) is 43.2 Å². The fourth-order valence-corrected chi connectivity index (χ4v) is 3.25. The Kier molecular flexibility index (Phi) is 5.54. The van der Waals surface area contributed by atoms with Crippen molar-refractivity contribution in [2.24, 2.45) is 5.92 Å². The molecule has 1 aliphatic heterocycles. The van der Waals surface area contributed by atoms with E-state index in [9.17, 15) is 4.79 Å². The molecule has 0 radical (unpaired) electrons. The van der Waals surface area contributed by atoms with Gasteiger partial charge in [-0.3, -0.25) is 4.90 Å². The molecule has 1 saturated heterocycles. The zero-order valence-electron chi connectivity index (χ0n) is 16.7. The first-order chi connectivity index (χ1) is 14.4. The molecule has 0 saturated carbocycles. The van der Waals surface area contributed by atoms with E-state index in [1.54, 1.807) is 29.3 Å². The van der Waals surface area contributed by atoms with E-state index in [2.05, 4.69) is 25.4 Å². The molecule has 1 amide bonds. The lowest BCUT2D eigenvalue weighted by Gasteiger charge is -2.23. The molecule has 1 aliphatic rings. The number of nitrogens with zero attached hydrogens (tertiary/aromatic N) is 5. The van der Waals surface area contributed by atoms with Crippen LogP contribution in [0.4, 0.5) is 16.6 Å². The maximum atomic E-state index is 12.2. The zero-order chi connectivity index (χ0) is 21.3. The molecular weight excluding hydrogens is 408 g/mol. The number of amides is 1. The van der Waals surface area contributed by atoms with Crippen LogP contribution in [0.15, 0.2) is 41.1 Å². The lowest BCUT2D eigenvalue weighted by atomic mass is 10.0. The van der Waals surface area contributed by atoms with Gasteiger partial charge in [0.05, 0.1) is 6.04 Å². The summed E-state index contributed by atoms with van der Waals surface area (Å²) in [4.78, 5) is 26.9. The highest BCUT2D eigenvalue weighted by Gasteiger charge is 2.37. The van der Waals surface area contributed by atoms with Crippen LogP contribution in [-0.2, 0) is 4.74 Å². The van der Waals surface area contributed by atoms with Crippen molar-refractivity contribution in [1.29, 1.82) is 0 Å². The quantitative estimate of drug-likeness (QED) is 0.618. The van der Waals surface area contributed by atoms with Crippen LogP contribution in [0, 0.1) is 5.92 Å². The molecule has 156 valence electrons. The number of hydrogen-bond acceptors (Lipinski definition) is 8. The molecule has 2 atom stereocenters.